The van der Waals surface area contributed by atoms with Gasteiger partial charge in [-0.15, -0.1) is 0 Å². The molecular formula is C7H7BrFNO2. The van der Waals surface area contributed by atoms with Gasteiger partial charge in [0.05, 0.1) is 17.3 Å². The fourth-order valence-corrected chi connectivity index (χ4v) is 1.26. The van der Waals surface area contributed by atoms with Gasteiger partial charge >= 0.3 is 0 Å². The highest BCUT2D eigenvalue weighted by molar-refractivity contribution is 9.10. The molecule has 1 aromatic carbocycles. The molecule has 1 aromatic rings. The van der Waals surface area contributed by atoms with E-state index in [2.05, 4.69) is 15.9 Å². The predicted octanol–water partition coefficient (Wildman–Crippen LogP) is 1.88. The van der Waals surface area contributed by atoms with Gasteiger partial charge in [0.2, 0.25) is 0 Å². The third kappa shape index (κ3) is 1.32. The molecule has 0 aliphatic heterocycles. The molecule has 0 aliphatic rings. The summed E-state index contributed by atoms with van der Waals surface area (Å²) in [6.07, 6.45) is 0. The van der Waals surface area contributed by atoms with Crippen molar-refractivity contribution in [3.8, 4) is 11.5 Å². The first-order chi connectivity index (χ1) is 5.57. The van der Waals surface area contributed by atoms with Gasteiger partial charge in [0.15, 0.2) is 11.5 Å². The normalized spacial score (nSPS) is 9.92. The minimum atomic E-state index is -0.567. The van der Waals surface area contributed by atoms with Crippen molar-refractivity contribution in [2.45, 2.75) is 0 Å². The quantitative estimate of drug-likeness (QED) is 0.578. The highest BCUT2D eigenvalue weighted by Gasteiger charge is 2.14. The van der Waals surface area contributed by atoms with E-state index in [1.807, 2.05) is 0 Å². The number of benzene rings is 1. The van der Waals surface area contributed by atoms with Crippen molar-refractivity contribution >= 4 is 21.6 Å². The van der Waals surface area contributed by atoms with Crippen molar-refractivity contribution in [3.05, 3.63) is 16.4 Å². The number of ether oxygens (including phenoxy) is 1. The van der Waals surface area contributed by atoms with Gasteiger partial charge in [-0.05, 0) is 15.9 Å². The van der Waals surface area contributed by atoms with Crippen LogP contribution in [0, 0.1) is 5.82 Å². The van der Waals surface area contributed by atoms with E-state index in [0.29, 0.717) is 0 Å². The number of aromatic hydroxyl groups is 1. The SMILES string of the molecule is COc1c(O)c(N)cc(F)c1Br. The number of nitrogens with two attached hydrogens (primary N) is 1. The van der Waals surface area contributed by atoms with Crippen LogP contribution in [-0.2, 0) is 0 Å². The van der Waals surface area contributed by atoms with E-state index in [1.54, 1.807) is 0 Å². The van der Waals surface area contributed by atoms with Crippen LogP contribution in [0.2, 0.25) is 0 Å². The van der Waals surface area contributed by atoms with E-state index in [4.69, 9.17) is 10.5 Å². The summed E-state index contributed by atoms with van der Waals surface area (Å²) >= 11 is 2.91. The summed E-state index contributed by atoms with van der Waals surface area (Å²) in [4.78, 5) is 0. The second-order valence-electron chi connectivity index (χ2n) is 2.14. The lowest BCUT2D eigenvalue weighted by Gasteiger charge is -2.08. The van der Waals surface area contributed by atoms with Crippen LogP contribution in [0.4, 0.5) is 10.1 Å². The number of anilines is 1. The Balaban J connectivity index is 3.42. The number of phenols is 1. The van der Waals surface area contributed by atoms with Gasteiger partial charge < -0.3 is 15.6 Å². The van der Waals surface area contributed by atoms with Crippen molar-refractivity contribution in [2.24, 2.45) is 0 Å². The molecule has 12 heavy (non-hydrogen) atoms. The molecule has 0 unspecified atom stereocenters. The zero-order chi connectivity index (χ0) is 9.30. The largest absolute Gasteiger partial charge is 0.503 e. The number of halogens is 2. The van der Waals surface area contributed by atoms with E-state index in [-0.39, 0.29) is 21.7 Å². The summed E-state index contributed by atoms with van der Waals surface area (Å²) in [6, 6.07) is 1.02. The maximum Gasteiger partial charge on any atom is 0.182 e. The third-order valence-corrected chi connectivity index (χ3v) is 2.12. The molecule has 0 aliphatic carbocycles. The summed E-state index contributed by atoms with van der Waals surface area (Å²) in [7, 11) is 1.32. The number of phenolic OH excluding ortho intramolecular Hbond substituents is 1. The predicted molar refractivity (Wildman–Crippen MR) is 46.7 cm³/mol. The molecule has 5 heteroatoms. The molecule has 0 saturated heterocycles. The standard InChI is InChI=1S/C7H7BrFNO2/c1-12-7-5(8)3(9)2-4(10)6(7)11/h2,11H,10H2,1H3. The lowest BCUT2D eigenvalue weighted by atomic mass is 10.2. The first kappa shape index (κ1) is 9.12. The maximum atomic E-state index is 12.9. The van der Waals surface area contributed by atoms with Crippen LogP contribution < -0.4 is 10.5 Å². The summed E-state index contributed by atoms with van der Waals surface area (Å²) in [5, 5.41) is 9.26. The van der Waals surface area contributed by atoms with Crippen LogP contribution in [0.1, 0.15) is 0 Å². The molecule has 0 bridgehead atoms. The average molecular weight is 236 g/mol. The average Bonchev–Trinajstić information content (AvgIpc) is 2.02. The Kier molecular flexibility index (Phi) is 2.42. The molecular weight excluding hydrogens is 229 g/mol. The molecule has 0 heterocycles. The summed E-state index contributed by atoms with van der Waals surface area (Å²) in [6.45, 7) is 0. The van der Waals surface area contributed by atoms with Crippen LogP contribution >= 0.6 is 15.9 Å². The topological polar surface area (TPSA) is 55.5 Å². The second-order valence-corrected chi connectivity index (χ2v) is 2.94. The van der Waals surface area contributed by atoms with E-state index < -0.39 is 5.82 Å². The minimum Gasteiger partial charge on any atom is -0.503 e. The Bertz CT molecular complexity index is 291. The molecule has 0 radical (unpaired) electrons. The number of methoxy groups -OCH3 is 1. The van der Waals surface area contributed by atoms with Gasteiger partial charge in [0.1, 0.15) is 5.82 Å². The third-order valence-electron chi connectivity index (χ3n) is 1.38. The number of hydrogen-bond acceptors (Lipinski definition) is 3. The molecule has 0 saturated carbocycles. The van der Waals surface area contributed by atoms with Crippen LogP contribution in [-0.4, -0.2) is 12.2 Å². The summed E-state index contributed by atoms with van der Waals surface area (Å²) < 4.78 is 17.7. The van der Waals surface area contributed by atoms with Crippen LogP contribution in [0.25, 0.3) is 0 Å². The fourth-order valence-electron chi connectivity index (χ4n) is 0.798. The smallest absolute Gasteiger partial charge is 0.182 e. The van der Waals surface area contributed by atoms with Crippen molar-refractivity contribution in [1.29, 1.82) is 0 Å². The molecule has 0 amide bonds. The van der Waals surface area contributed by atoms with Gasteiger partial charge in [-0.1, -0.05) is 0 Å². The molecule has 0 spiro atoms. The summed E-state index contributed by atoms with van der Waals surface area (Å²) in [5.41, 5.74) is 5.23. The van der Waals surface area contributed by atoms with Gasteiger partial charge in [-0.2, -0.15) is 0 Å². The molecule has 3 N–H and O–H groups in total. The summed E-state index contributed by atoms with van der Waals surface area (Å²) in [5.74, 6) is -0.819. The lowest BCUT2D eigenvalue weighted by molar-refractivity contribution is 0.368. The molecule has 66 valence electrons. The van der Waals surface area contributed by atoms with Crippen LogP contribution in [0.15, 0.2) is 10.5 Å². The Morgan fingerprint density at radius 1 is 1.67 bits per heavy atom. The minimum absolute atomic E-state index is 0.00694. The Hall–Kier alpha value is -0.970. The molecule has 0 fully saturated rings. The van der Waals surface area contributed by atoms with Crippen LogP contribution in [0.3, 0.4) is 0 Å². The second kappa shape index (κ2) is 3.18. The molecule has 0 atom stereocenters. The van der Waals surface area contributed by atoms with E-state index in [1.165, 1.54) is 7.11 Å². The monoisotopic (exact) mass is 235 g/mol. The molecule has 3 nitrogen and oxygen atoms in total. The van der Waals surface area contributed by atoms with Gasteiger partial charge in [0, 0.05) is 6.07 Å². The zero-order valence-corrected chi connectivity index (χ0v) is 7.85. The molecule has 0 aromatic heterocycles. The van der Waals surface area contributed by atoms with Crippen LogP contribution in [0.5, 0.6) is 11.5 Å². The zero-order valence-electron chi connectivity index (χ0n) is 6.27. The number of hydrogen-bond donors (Lipinski definition) is 2. The van der Waals surface area contributed by atoms with E-state index in [9.17, 15) is 9.50 Å². The van der Waals surface area contributed by atoms with Crippen molar-refractivity contribution in [3.63, 3.8) is 0 Å². The van der Waals surface area contributed by atoms with E-state index >= 15 is 0 Å². The van der Waals surface area contributed by atoms with Crippen molar-refractivity contribution in [1.82, 2.24) is 0 Å². The Labute approximate surface area is 77.1 Å². The van der Waals surface area contributed by atoms with Gasteiger partial charge in [-0.3, -0.25) is 0 Å². The first-order valence-corrected chi connectivity index (χ1v) is 3.87. The van der Waals surface area contributed by atoms with Gasteiger partial charge in [0.25, 0.3) is 0 Å². The highest BCUT2D eigenvalue weighted by Crippen LogP contribution is 2.40. The Morgan fingerprint density at radius 3 is 2.75 bits per heavy atom. The number of rotatable bonds is 1. The van der Waals surface area contributed by atoms with Gasteiger partial charge in [-0.25, -0.2) is 4.39 Å². The Morgan fingerprint density at radius 2 is 2.25 bits per heavy atom. The number of nitrogen functional groups attached to an aromatic ring is 1. The van der Waals surface area contributed by atoms with Crippen molar-refractivity contribution < 1.29 is 14.2 Å². The fraction of sp³-hybridized carbons (Fsp3) is 0.143. The maximum absolute atomic E-state index is 12.9. The molecule has 1 rings (SSSR count). The lowest BCUT2D eigenvalue weighted by Crippen LogP contribution is -1.93. The highest BCUT2D eigenvalue weighted by atomic mass is 79.9. The van der Waals surface area contributed by atoms with Crippen molar-refractivity contribution in [2.75, 3.05) is 12.8 Å². The van der Waals surface area contributed by atoms with E-state index in [0.717, 1.165) is 6.07 Å². The first-order valence-electron chi connectivity index (χ1n) is 3.08.